The number of carbonyl (C=O) groups excluding carboxylic acids is 1. The lowest BCUT2D eigenvalue weighted by atomic mass is 10.1. The Hall–Kier alpha value is -2.12. The molecular formula is C14H20N4O3. The van der Waals surface area contributed by atoms with E-state index in [1.807, 2.05) is 17.0 Å². The number of carboxylic acids is 1. The Labute approximate surface area is 124 Å². The monoisotopic (exact) mass is 292 g/mol. The minimum absolute atomic E-state index is 0.0990. The Morgan fingerprint density at radius 3 is 2.38 bits per heavy atom. The molecule has 0 radical (unpaired) electrons. The minimum atomic E-state index is -0.808. The maximum atomic E-state index is 12.2. The summed E-state index contributed by atoms with van der Waals surface area (Å²) in [6.45, 7) is 2.23. The van der Waals surface area contributed by atoms with Crippen molar-refractivity contribution in [2.75, 3.05) is 32.7 Å². The molecule has 1 atom stereocenters. The molecule has 1 aliphatic rings. The largest absolute Gasteiger partial charge is 0.481 e. The molecule has 1 unspecified atom stereocenters. The molecule has 1 fully saturated rings. The van der Waals surface area contributed by atoms with Gasteiger partial charge in [0.25, 0.3) is 0 Å². The molecule has 7 heteroatoms. The second-order valence-corrected chi connectivity index (χ2v) is 5.18. The summed E-state index contributed by atoms with van der Waals surface area (Å²) in [6.07, 6.45) is 1.42. The van der Waals surface area contributed by atoms with Gasteiger partial charge >= 0.3 is 5.97 Å². The van der Waals surface area contributed by atoms with Gasteiger partial charge in [0, 0.05) is 26.1 Å². The van der Waals surface area contributed by atoms with E-state index in [4.69, 9.17) is 15.6 Å². The molecule has 1 rings (SSSR count). The fourth-order valence-electron chi connectivity index (χ4n) is 2.49. The Balaban J connectivity index is 2.44. The molecule has 0 spiro atoms. The number of hydrogen-bond acceptors (Lipinski definition) is 5. The van der Waals surface area contributed by atoms with Crippen LogP contribution in [0.1, 0.15) is 25.7 Å². The molecule has 114 valence electrons. The van der Waals surface area contributed by atoms with E-state index in [-0.39, 0.29) is 37.6 Å². The Kier molecular flexibility index (Phi) is 7.20. The number of nitriles is 2. The lowest BCUT2D eigenvalue weighted by molar-refractivity contribution is -0.138. The van der Waals surface area contributed by atoms with Gasteiger partial charge in [0.2, 0.25) is 5.91 Å². The molecule has 0 aromatic rings. The van der Waals surface area contributed by atoms with Gasteiger partial charge < -0.3 is 10.0 Å². The van der Waals surface area contributed by atoms with Crippen LogP contribution in [0.25, 0.3) is 0 Å². The van der Waals surface area contributed by atoms with E-state index in [1.54, 1.807) is 0 Å². The molecular weight excluding hydrogens is 272 g/mol. The van der Waals surface area contributed by atoms with Crippen LogP contribution in [0.5, 0.6) is 0 Å². The predicted molar refractivity (Wildman–Crippen MR) is 73.8 cm³/mol. The van der Waals surface area contributed by atoms with Gasteiger partial charge in [-0.3, -0.25) is 14.5 Å². The van der Waals surface area contributed by atoms with Crippen LogP contribution in [-0.2, 0) is 9.59 Å². The number of carboxylic acid groups (broad SMARTS) is 1. The van der Waals surface area contributed by atoms with Gasteiger partial charge in [0.05, 0.1) is 31.5 Å². The summed E-state index contributed by atoms with van der Waals surface area (Å²) >= 11 is 0. The van der Waals surface area contributed by atoms with Crippen molar-refractivity contribution in [3.05, 3.63) is 0 Å². The van der Waals surface area contributed by atoms with Gasteiger partial charge in [0.15, 0.2) is 0 Å². The third-order valence-corrected chi connectivity index (χ3v) is 3.53. The quantitative estimate of drug-likeness (QED) is 0.695. The molecule has 1 N–H and O–H groups in total. The number of rotatable bonds is 8. The first-order chi connectivity index (χ1) is 10.1. The maximum Gasteiger partial charge on any atom is 0.303 e. The van der Waals surface area contributed by atoms with Gasteiger partial charge in [0.1, 0.15) is 0 Å². The second-order valence-electron chi connectivity index (χ2n) is 5.18. The van der Waals surface area contributed by atoms with Crippen molar-refractivity contribution in [1.82, 2.24) is 9.80 Å². The van der Waals surface area contributed by atoms with Crippen molar-refractivity contribution in [3.63, 3.8) is 0 Å². The average molecular weight is 292 g/mol. The first-order valence-electron chi connectivity index (χ1n) is 7.02. The molecule has 21 heavy (non-hydrogen) atoms. The molecule has 0 aromatic carbocycles. The lowest BCUT2D eigenvalue weighted by Gasteiger charge is -2.23. The van der Waals surface area contributed by atoms with Crippen LogP contribution in [0.2, 0.25) is 0 Å². The summed E-state index contributed by atoms with van der Waals surface area (Å²) < 4.78 is 0. The van der Waals surface area contributed by atoms with Crippen LogP contribution in [0.3, 0.4) is 0 Å². The third kappa shape index (κ3) is 6.24. The van der Waals surface area contributed by atoms with Crippen LogP contribution in [0, 0.1) is 28.6 Å². The van der Waals surface area contributed by atoms with Crippen LogP contribution < -0.4 is 0 Å². The maximum absolute atomic E-state index is 12.2. The van der Waals surface area contributed by atoms with Crippen molar-refractivity contribution in [2.24, 2.45) is 5.92 Å². The first kappa shape index (κ1) is 16.9. The second kappa shape index (κ2) is 8.93. The first-order valence-corrected chi connectivity index (χ1v) is 7.02. The Bertz CT molecular complexity index is 434. The van der Waals surface area contributed by atoms with Crippen molar-refractivity contribution < 1.29 is 14.7 Å². The van der Waals surface area contributed by atoms with Gasteiger partial charge in [-0.05, 0) is 18.9 Å². The number of amides is 1. The number of nitrogens with zero attached hydrogens (tertiary/aromatic N) is 4. The van der Waals surface area contributed by atoms with Gasteiger partial charge in [-0.25, -0.2) is 0 Å². The smallest absolute Gasteiger partial charge is 0.303 e. The molecule has 0 bridgehead atoms. The van der Waals surface area contributed by atoms with Gasteiger partial charge in [-0.15, -0.1) is 0 Å². The Morgan fingerprint density at radius 2 is 1.86 bits per heavy atom. The highest BCUT2D eigenvalue weighted by Crippen LogP contribution is 2.19. The SMILES string of the molecule is N#CCCN(CCC#N)C(=O)CN1CCC(CC(=O)O)C1. The van der Waals surface area contributed by atoms with Crippen LogP contribution >= 0.6 is 0 Å². The van der Waals surface area contributed by atoms with E-state index in [0.29, 0.717) is 26.2 Å². The highest BCUT2D eigenvalue weighted by atomic mass is 16.4. The van der Waals surface area contributed by atoms with Crippen molar-refractivity contribution in [1.29, 1.82) is 10.5 Å². The molecule has 0 aliphatic carbocycles. The molecule has 0 saturated carbocycles. The number of likely N-dealkylation sites (tertiary alicyclic amines) is 1. The summed E-state index contributed by atoms with van der Waals surface area (Å²) in [4.78, 5) is 26.3. The van der Waals surface area contributed by atoms with E-state index in [9.17, 15) is 9.59 Å². The summed E-state index contributed by atoms with van der Waals surface area (Å²) in [7, 11) is 0. The predicted octanol–water partition coefficient (Wildman–Crippen LogP) is 0.439. The van der Waals surface area contributed by atoms with Crippen molar-refractivity contribution in [3.8, 4) is 12.1 Å². The average Bonchev–Trinajstić information content (AvgIpc) is 2.85. The summed E-state index contributed by atoms with van der Waals surface area (Å²) in [5.74, 6) is -0.809. The number of carbonyl (C=O) groups is 2. The Morgan fingerprint density at radius 1 is 1.24 bits per heavy atom. The van der Waals surface area contributed by atoms with Crippen LogP contribution in [-0.4, -0.2) is 59.5 Å². The third-order valence-electron chi connectivity index (χ3n) is 3.53. The molecule has 1 saturated heterocycles. The topological polar surface area (TPSA) is 108 Å². The van der Waals surface area contributed by atoms with E-state index >= 15 is 0 Å². The number of aliphatic carboxylic acids is 1. The van der Waals surface area contributed by atoms with E-state index in [1.165, 1.54) is 4.90 Å². The zero-order valence-electron chi connectivity index (χ0n) is 12.0. The van der Waals surface area contributed by atoms with Crippen LogP contribution in [0.15, 0.2) is 0 Å². The zero-order valence-corrected chi connectivity index (χ0v) is 12.0. The molecule has 1 aliphatic heterocycles. The standard InChI is InChI=1S/C14H20N4O3/c15-4-1-6-18(7-2-5-16)13(19)11-17-8-3-12(10-17)9-14(20)21/h12H,1-3,6-11H2,(H,20,21). The zero-order chi connectivity index (χ0) is 15.7. The van der Waals surface area contributed by atoms with Crippen molar-refractivity contribution >= 4 is 11.9 Å². The number of hydrogen-bond donors (Lipinski definition) is 1. The fraction of sp³-hybridized carbons (Fsp3) is 0.714. The summed E-state index contributed by atoms with van der Waals surface area (Å²) in [6, 6.07) is 3.99. The molecule has 7 nitrogen and oxygen atoms in total. The van der Waals surface area contributed by atoms with Gasteiger partial charge in [-0.2, -0.15) is 10.5 Å². The molecule has 0 aromatic heterocycles. The minimum Gasteiger partial charge on any atom is -0.481 e. The summed E-state index contributed by atoms with van der Waals surface area (Å²) in [5, 5.41) is 26.0. The van der Waals surface area contributed by atoms with Gasteiger partial charge in [-0.1, -0.05) is 0 Å². The molecule has 1 heterocycles. The van der Waals surface area contributed by atoms with E-state index < -0.39 is 5.97 Å². The van der Waals surface area contributed by atoms with Crippen molar-refractivity contribution in [2.45, 2.75) is 25.7 Å². The lowest BCUT2D eigenvalue weighted by Crippen LogP contribution is -2.40. The van der Waals surface area contributed by atoms with E-state index in [2.05, 4.69) is 0 Å². The fourth-order valence-corrected chi connectivity index (χ4v) is 2.49. The molecule has 1 amide bonds. The normalized spacial score (nSPS) is 17.9. The highest BCUT2D eigenvalue weighted by molar-refractivity contribution is 5.78. The summed E-state index contributed by atoms with van der Waals surface area (Å²) in [5.41, 5.74) is 0. The van der Waals surface area contributed by atoms with Crippen LogP contribution in [0.4, 0.5) is 0 Å². The van der Waals surface area contributed by atoms with E-state index in [0.717, 1.165) is 6.42 Å². The highest BCUT2D eigenvalue weighted by Gasteiger charge is 2.27.